The zero-order valence-electron chi connectivity index (χ0n) is 13.3. The molecule has 0 radical (unpaired) electrons. The van der Waals surface area contributed by atoms with E-state index in [0.717, 1.165) is 11.7 Å². The summed E-state index contributed by atoms with van der Waals surface area (Å²) in [6.45, 7) is 1.36. The fraction of sp³-hybridized carbons (Fsp3) is 0.333. The first-order valence-corrected chi connectivity index (χ1v) is 7.98. The Balaban J connectivity index is 1.61. The molecule has 0 aliphatic rings. The van der Waals surface area contributed by atoms with E-state index in [1.165, 1.54) is 4.88 Å². The van der Waals surface area contributed by atoms with Crippen LogP contribution < -0.4 is 4.90 Å². The molecule has 3 rings (SSSR count). The van der Waals surface area contributed by atoms with Crippen LogP contribution in [0.5, 0.6) is 0 Å². The molecule has 0 amide bonds. The Morgan fingerprint density at radius 3 is 2.70 bits per heavy atom. The van der Waals surface area contributed by atoms with Gasteiger partial charge in [-0.3, -0.25) is 9.88 Å². The molecule has 0 fully saturated rings. The van der Waals surface area contributed by atoms with Crippen LogP contribution in [0.1, 0.15) is 10.8 Å². The average molecular weight is 330 g/mol. The number of thiazole rings is 1. The van der Waals surface area contributed by atoms with E-state index < -0.39 is 0 Å². The Kier molecular flexibility index (Phi) is 4.63. The summed E-state index contributed by atoms with van der Waals surface area (Å²) >= 11 is 1.68. The third kappa shape index (κ3) is 3.91. The van der Waals surface area contributed by atoms with Crippen LogP contribution in [0.3, 0.4) is 0 Å². The van der Waals surface area contributed by atoms with E-state index in [1.54, 1.807) is 17.5 Å². The van der Waals surface area contributed by atoms with Crippen LogP contribution >= 0.6 is 11.3 Å². The van der Waals surface area contributed by atoms with Gasteiger partial charge in [0.2, 0.25) is 11.7 Å². The topological polar surface area (TPSA) is 71.2 Å². The Labute approximate surface area is 138 Å². The lowest BCUT2D eigenvalue weighted by atomic mass is 10.3. The summed E-state index contributed by atoms with van der Waals surface area (Å²) in [5.74, 6) is 1.09. The molecule has 23 heavy (non-hydrogen) atoms. The van der Waals surface area contributed by atoms with Crippen LogP contribution in [0.25, 0.3) is 11.5 Å². The van der Waals surface area contributed by atoms with Crippen LogP contribution in [-0.4, -0.2) is 46.2 Å². The fourth-order valence-corrected chi connectivity index (χ4v) is 2.96. The molecule has 3 aromatic heterocycles. The zero-order valence-corrected chi connectivity index (χ0v) is 14.1. The maximum Gasteiger partial charge on any atom is 0.241 e. The third-order valence-electron chi connectivity index (χ3n) is 3.12. The van der Waals surface area contributed by atoms with E-state index >= 15 is 0 Å². The molecule has 0 bridgehead atoms. The minimum atomic E-state index is 0.515. The molecular weight excluding hydrogens is 312 g/mol. The zero-order chi connectivity index (χ0) is 16.2. The van der Waals surface area contributed by atoms with Crippen molar-refractivity contribution < 1.29 is 4.52 Å². The van der Waals surface area contributed by atoms with Gasteiger partial charge in [0.1, 0.15) is 5.69 Å². The van der Waals surface area contributed by atoms with Gasteiger partial charge in [0.05, 0.1) is 6.54 Å². The van der Waals surface area contributed by atoms with Gasteiger partial charge in [-0.05, 0) is 19.2 Å². The highest BCUT2D eigenvalue weighted by molar-refractivity contribution is 7.15. The minimum absolute atomic E-state index is 0.515. The molecule has 0 aromatic carbocycles. The van der Waals surface area contributed by atoms with Crippen LogP contribution in [0.15, 0.2) is 35.1 Å². The molecular formula is C15H18N6OS. The largest absolute Gasteiger partial charge is 0.354 e. The second kappa shape index (κ2) is 6.84. The van der Waals surface area contributed by atoms with Crippen molar-refractivity contribution in [2.24, 2.45) is 0 Å². The number of rotatable bonds is 6. The van der Waals surface area contributed by atoms with Gasteiger partial charge in [-0.1, -0.05) is 11.2 Å². The van der Waals surface area contributed by atoms with E-state index in [9.17, 15) is 0 Å². The molecule has 3 aromatic rings. The summed E-state index contributed by atoms with van der Waals surface area (Å²) in [7, 11) is 5.99. The van der Waals surface area contributed by atoms with Crippen LogP contribution in [-0.2, 0) is 13.1 Å². The van der Waals surface area contributed by atoms with E-state index in [-0.39, 0.29) is 0 Å². The van der Waals surface area contributed by atoms with Gasteiger partial charge < -0.3 is 9.42 Å². The summed E-state index contributed by atoms with van der Waals surface area (Å²) in [5.41, 5.74) is 0.711. The second-order valence-corrected chi connectivity index (χ2v) is 6.50. The second-order valence-electron chi connectivity index (χ2n) is 5.40. The van der Waals surface area contributed by atoms with Crippen molar-refractivity contribution in [1.82, 2.24) is 25.0 Å². The van der Waals surface area contributed by atoms with Crippen molar-refractivity contribution in [3.8, 4) is 11.5 Å². The molecule has 7 nitrogen and oxygen atoms in total. The number of nitrogens with zero attached hydrogens (tertiary/aromatic N) is 6. The van der Waals surface area contributed by atoms with Gasteiger partial charge >= 0.3 is 0 Å². The SMILES string of the molecule is CN(Cc1nc(-c2ccccn2)no1)Cc1cnc(N(C)C)s1. The first-order valence-electron chi connectivity index (χ1n) is 7.16. The maximum absolute atomic E-state index is 5.31. The highest BCUT2D eigenvalue weighted by Gasteiger charge is 2.13. The molecule has 8 heteroatoms. The van der Waals surface area contributed by atoms with Gasteiger partial charge in [0.15, 0.2) is 5.13 Å². The molecule has 0 unspecified atom stereocenters. The van der Waals surface area contributed by atoms with Crippen molar-refractivity contribution in [1.29, 1.82) is 0 Å². The normalized spacial score (nSPS) is 11.1. The number of anilines is 1. The predicted molar refractivity (Wildman–Crippen MR) is 89.1 cm³/mol. The first kappa shape index (κ1) is 15.6. The lowest BCUT2D eigenvalue weighted by molar-refractivity contribution is 0.262. The number of hydrogen-bond donors (Lipinski definition) is 0. The summed E-state index contributed by atoms with van der Waals surface area (Å²) in [6, 6.07) is 5.62. The molecule has 3 heterocycles. The van der Waals surface area contributed by atoms with Crippen LogP contribution in [0.4, 0.5) is 5.13 Å². The number of hydrogen-bond acceptors (Lipinski definition) is 8. The van der Waals surface area contributed by atoms with E-state index in [0.29, 0.717) is 24.0 Å². The molecule has 0 aliphatic heterocycles. The van der Waals surface area contributed by atoms with Crippen LogP contribution in [0, 0.1) is 0 Å². The molecule has 0 N–H and O–H groups in total. The highest BCUT2D eigenvalue weighted by atomic mass is 32.1. The van der Waals surface area contributed by atoms with Gasteiger partial charge in [-0.15, -0.1) is 11.3 Å². The minimum Gasteiger partial charge on any atom is -0.354 e. The van der Waals surface area contributed by atoms with Crippen LogP contribution in [0.2, 0.25) is 0 Å². The number of aromatic nitrogens is 4. The van der Waals surface area contributed by atoms with Gasteiger partial charge in [-0.2, -0.15) is 4.98 Å². The Morgan fingerprint density at radius 2 is 2.00 bits per heavy atom. The third-order valence-corrected chi connectivity index (χ3v) is 4.27. The Morgan fingerprint density at radius 1 is 1.13 bits per heavy atom. The lowest BCUT2D eigenvalue weighted by Gasteiger charge is -2.12. The van der Waals surface area contributed by atoms with Crippen molar-refractivity contribution in [2.45, 2.75) is 13.1 Å². The molecule has 0 aliphatic carbocycles. The predicted octanol–water partition coefficient (Wildman–Crippen LogP) is 2.29. The molecule has 0 saturated heterocycles. The summed E-state index contributed by atoms with van der Waals surface area (Å²) in [4.78, 5) is 18.3. The summed E-state index contributed by atoms with van der Waals surface area (Å²) in [6.07, 6.45) is 3.62. The molecule has 0 saturated carbocycles. The lowest BCUT2D eigenvalue weighted by Crippen LogP contribution is -2.16. The summed E-state index contributed by atoms with van der Waals surface area (Å²) in [5, 5.41) is 4.99. The van der Waals surface area contributed by atoms with Gasteiger partial charge in [-0.25, -0.2) is 4.98 Å². The number of pyridine rings is 1. The first-order chi connectivity index (χ1) is 11.1. The van der Waals surface area contributed by atoms with E-state index in [4.69, 9.17) is 4.52 Å². The summed E-state index contributed by atoms with van der Waals surface area (Å²) < 4.78 is 5.31. The smallest absolute Gasteiger partial charge is 0.241 e. The highest BCUT2D eigenvalue weighted by Crippen LogP contribution is 2.22. The van der Waals surface area contributed by atoms with Gasteiger partial charge in [0.25, 0.3) is 0 Å². The van der Waals surface area contributed by atoms with E-state index in [1.807, 2.05) is 50.4 Å². The Bertz CT molecular complexity index is 754. The van der Waals surface area contributed by atoms with Crippen molar-refractivity contribution in [3.63, 3.8) is 0 Å². The van der Waals surface area contributed by atoms with Crippen molar-refractivity contribution >= 4 is 16.5 Å². The quantitative estimate of drug-likeness (QED) is 0.686. The fourth-order valence-electron chi connectivity index (χ4n) is 2.05. The Hall–Kier alpha value is -2.32. The van der Waals surface area contributed by atoms with Gasteiger partial charge in [0, 0.05) is 37.9 Å². The van der Waals surface area contributed by atoms with Crippen molar-refractivity contribution in [3.05, 3.63) is 41.4 Å². The molecule has 120 valence electrons. The van der Waals surface area contributed by atoms with Crippen molar-refractivity contribution in [2.75, 3.05) is 26.0 Å². The standard InChI is InChI=1S/C15H18N6OS/c1-20(2)15-17-8-11(23-15)9-21(3)10-13-18-14(19-22-13)12-6-4-5-7-16-12/h4-8H,9-10H2,1-3H3. The van der Waals surface area contributed by atoms with E-state index in [2.05, 4.69) is 25.0 Å². The maximum atomic E-state index is 5.31. The monoisotopic (exact) mass is 330 g/mol. The average Bonchev–Trinajstić information content (AvgIpc) is 3.18. The molecule has 0 atom stereocenters. The molecule has 0 spiro atoms.